The smallest absolute Gasteiger partial charge is 0.437 e. The maximum absolute atomic E-state index is 13.6. The molecule has 0 unspecified atom stereocenters. The van der Waals surface area contributed by atoms with Crippen molar-refractivity contribution in [2.45, 2.75) is 12.7 Å². The number of pyridine rings is 2. The van der Waals surface area contributed by atoms with Crippen LogP contribution in [0.4, 0.5) is 18.0 Å². The highest BCUT2D eigenvalue weighted by Crippen LogP contribution is 2.32. The lowest BCUT2D eigenvalue weighted by molar-refractivity contribution is -0.141. The average molecular weight is 563 g/mol. The summed E-state index contributed by atoms with van der Waals surface area (Å²) < 4.78 is 51.7. The van der Waals surface area contributed by atoms with Crippen molar-refractivity contribution in [1.29, 1.82) is 0 Å². The van der Waals surface area contributed by atoms with Crippen molar-refractivity contribution in [2.75, 3.05) is 7.11 Å². The van der Waals surface area contributed by atoms with Gasteiger partial charge in [0.2, 0.25) is 5.88 Å². The lowest BCUT2D eigenvalue weighted by Gasteiger charge is -2.20. The summed E-state index contributed by atoms with van der Waals surface area (Å²) in [5, 5.41) is 9.14. The first-order valence-corrected chi connectivity index (χ1v) is 12.0. The van der Waals surface area contributed by atoms with Gasteiger partial charge in [0.1, 0.15) is 5.69 Å². The molecule has 0 radical (unpaired) electrons. The van der Waals surface area contributed by atoms with Gasteiger partial charge < -0.3 is 14.8 Å². The highest BCUT2D eigenvalue weighted by atomic mass is 19.4. The Morgan fingerprint density at radius 1 is 1.00 bits per heavy atom. The van der Waals surface area contributed by atoms with E-state index in [0.29, 0.717) is 6.07 Å². The quantitative estimate of drug-likeness (QED) is 0.282. The largest absolute Gasteiger partial charge is 0.514 e. The number of carbonyl (C=O) groups excluding carboxylic acids is 2. The van der Waals surface area contributed by atoms with Crippen LogP contribution in [0, 0.1) is 0 Å². The second-order valence-electron chi connectivity index (χ2n) is 8.64. The highest BCUT2D eigenvalue weighted by molar-refractivity contribution is 5.94. The van der Waals surface area contributed by atoms with E-state index in [4.69, 9.17) is 4.74 Å². The maximum atomic E-state index is 13.6. The topological polar surface area (TPSA) is 128 Å². The minimum atomic E-state index is -4.81. The van der Waals surface area contributed by atoms with E-state index in [1.807, 2.05) is 0 Å². The average Bonchev–Trinajstić information content (AvgIpc) is 3.52. The molecule has 3 heterocycles. The fourth-order valence-corrected chi connectivity index (χ4v) is 4.13. The van der Waals surface area contributed by atoms with Gasteiger partial charge in [0.15, 0.2) is 11.1 Å². The molecule has 13 heteroatoms. The second-order valence-corrected chi connectivity index (χ2v) is 8.64. The Morgan fingerprint density at radius 2 is 1.73 bits per heavy atom. The molecule has 0 saturated carbocycles. The number of carbonyl (C=O) groups is 2. The fraction of sp³-hybridized carbons (Fsp3) is 0.107. The van der Waals surface area contributed by atoms with E-state index in [1.54, 1.807) is 54.7 Å². The number of H-pyrrole nitrogens is 1. The molecule has 0 saturated heterocycles. The van der Waals surface area contributed by atoms with Gasteiger partial charge in [-0.1, -0.05) is 30.3 Å². The first-order valence-electron chi connectivity index (χ1n) is 12.0. The van der Waals surface area contributed by atoms with Crippen LogP contribution in [-0.2, 0) is 17.5 Å². The molecule has 5 rings (SSSR count). The van der Waals surface area contributed by atoms with Crippen molar-refractivity contribution in [2.24, 2.45) is 0 Å². The van der Waals surface area contributed by atoms with Crippen LogP contribution in [0.3, 0.4) is 0 Å². The number of rotatable bonds is 6. The van der Waals surface area contributed by atoms with E-state index >= 15 is 0 Å². The molecule has 5 aromatic rings. The molecular weight excluding hydrogens is 543 g/mol. The van der Waals surface area contributed by atoms with Crippen molar-refractivity contribution in [3.8, 4) is 22.8 Å². The van der Waals surface area contributed by atoms with Gasteiger partial charge in [-0.05, 0) is 48.0 Å². The van der Waals surface area contributed by atoms with Crippen LogP contribution in [0.15, 0.2) is 83.8 Å². The normalized spacial score (nSPS) is 11.3. The zero-order valence-corrected chi connectivity index (χ0v) is 21.2. The minimum Gasteiger partial charge on any atom is -0.437 e. The van der Waals surface area contributed by atoms with Crippen LogP contribution in [0.2, 0.25) is 0 Å². The van der Waals surface area contributed by atoms with Gasteiger partial charge in [0.05, 0.1) is 36.0 Å². The minimum absolute atomic E-state index is 0.188. The number of nitrogens with one attached hydrogen (secondary N) is 2. The van der Waals surface area contributed by atoms with Crippen LogP contribution in [0.25, 0.3) is 28.0 Å². The Balaban J connectivity index is 1.61. The third-order valence-electron chi connectivity index (χ3n) is 6.10. The van der Waals surface area contributed by atoms with Crippen LogP contribution < -0.4 is 15.5 Å². The Hall–Kier alpha value is -5.46. The van der Waals surface area contributed by atoms with Crippen molar-refractivity contribution < 1.29 is 32.2 Å². The van der Waals surface area contributed by atoms with E-state index in [-0.39, 0.29) is 22.2 Å². The van der Waals surface area contributed by atoms with Crippen molar-refractivity contribution >= 4 is 23.1 Å². The predicted molar refractivity (Wildman–Crippen MR) is 141 cm³/mol. The second kappa shape index (κ2) is 11.0. The number of nitrogens with zero attached hydrogens (tertiary/aromatic N) is 3. The van der Waals surface area contributed by atoms with Gasteiger partial charge in [-0.25, -0.2) is 9.78 Å². The van der Waals surface area contributed by atoms with Crippen LogP contribution >= 0.6 is 0 Å². The molecule has 2 aromatic carbocycles. The fourth-order valence-electron chi connectivity index (χ4n) is 4.13. The zero-order valence-electron chi connectivity index (χ0n) is 21.2. The molecule has 0 atom stereocenters. The van der Waals surface area contributed by atoms with Gasteiger partial charge in [-0.3, -0.25) is 19.3 Å². The molecule has 0 fully saturated rings. The number of methoxy groups -OCH3 is 1. The molecule has 0 bridgehead atoms. The number of hydrogen-bond acceptors (Lipinski definition) is 7. The summed E-state index contributed by atoms with van der Waals surface area (Å²) in [6.07, 6.45) is -4.45. The van der Waals surface area contributed by atoms with Gasteiger partial charge in [-0.15, -0.1) is 0 Å². The monoisotopic (exact) mass is 563 g/mol. The summed E-state index contributed by atoms with van der Waals surface area (Å²) in [4.78, 5) is 42.5. The number of halogens is 3. The van der Waals surface area contributed by atoms with Crippen LogP contribution in [0.5, 0.6) is 5.88 Å². The third-order valence-corrected chi connectivity index (χ3v) is 6.10. The lowest BCUT2D eigenvalue weighted by atomic mass is 10.1. The Morgan fingerprint density at radius 3 is 2.37 bits per heavy atom. The summed E-state index contributed by atoms with van der Waals surface area (Å²) in [5.74, 6) is -1.01. The Labute approximate surface area is 229 Å². The molecule has 2 N–H and O–H groups in total. The number of fused-ring (bicyclic) bond motifs is 1. The molecule has 0 aliphatic heterocycles. The van der Waals surface area contributed by atoms with E-state index in [9.17, 15) is 27.6 Å². The predicted octanol–water partition coefficient (Wildman–Crippen LogP) is 4.87. The number of aromatic nitrogens is 4. The summed E-state index contributed by atoms with van der Waals surface area (Å²) in [6.45, 7) is -0.434. The molecule has 10 nitrogen and oxygen atoms in total. The van der Waals surface area contributed by atoms with Gasteiger partial charge in [0.25, 0.3) is 5.91 Å². The first kappa shape index (κ1) is 27.1. The Kier molecular flexibility index (Phi) is 7.25. The number of benzene rings is 2. The summed E-state index contributed by atoms with van der Waals surface area (Å²) in [5.41, 5.74) is -0.607. The van der Waals surface area contributed by atoms with Crippen LogP contribution in [-0.4, -0.2) is 38.9 Å². The molecule has 0 aliphatic carbocycles. The number of aromatic amines is 1. The van der Waals surface area contributed by atoms with E-state index in [2.05, 4.69) is 25.2 Å². The lowest BCUT2D eigenvalue weighted by Crippen LogP contribution is -2.29. The van der Waals surface area contributed by atoms with Gasteiger partial charge >= 0.3 is 12.3 Å². The number of alkyl halides is 3. The number of hydrogen-bond donors (Lipinski definition) is 2. The SMILES string of the molecule is COC(=O)Oc1c(CNC(=O)c2ccc(-c3ccn[nH]3)cc2)c(=O)c2ccc(C(F)(F)F)nc2n1-c1ccccc1. The zero-order chi connectivity index (χ0) is 29.1. The van der Waals surface area contributed by atoms with Gasteiger partial charge in [-0.2, -0.15) is 18.3 Å². The molecule has 3 aromatic heterocycles. The van der Waals surface area contributed by atoms with E-state index in [1.165, 1.54) is 12.1 Å². The summed E-state index contributed by atoms with van der Waals surface area (Å²) in [6, 6.07) is 17.9. The van der Waals surface area contributed by atoms with Gasteiger partial charge in [0, 0.05) is 11.8 Å². The molecule has 1 amide bonds. The molecule has 0 spiro atoms. The maximum Gasteiger partial charge on any atom is 0.514 e. The molecule has 208 valence electrons. The number of amides is 1. The van der Waals surface area contributed by atoms with Crippen molar-refractivity contribution in [3.05, 3.63) is 106 Å². The first-order chi connectivity index (χ1) is 19.7. The van der Waals surface area contributed by atoms with Crippen molar-refractivity contribution in [1.82, 2.24) is 25.1 Å². The Bertz CT molecular complexity index is 1790. The summed E-state index contributed by atoms with van der Waals surface area (Å²) >= 11 is 0. The number of para-hydroxylation sites is 1. The highest BCUT2D eigenvalue weighted by Gasteiger charge is 2.34. The molecule has 0 aliphatic rings. The van der Waals surface area contributed by atoms with Crippen molar-refractivity contribution in [3.63, 3.8) is 0 Å². The summed E-state index contributed by atoms with van der Waals surface area (Å²) in [7, 11) is 1.03. The molecular formula is C28H20F3N5O5. The number of ether oxygens (including phenoxy) is 2. The third kappa shape index (κ3) is 5.50. The standard InChI is InChI=1S/C28H20F3N5O5/c1-40-27(39)41-26-20(15-32-25(38)17-9-7-16(8-10-17)21-13-14-33-35-21)23(37)19-11-12-22(28(29,30)31)34-24(19)36(26)18-5-3-2-4-6-18/h2-14H,15H2,1H3,(H,32,38)(H,33,35). The van der Waals surface area contributed by atoms with E-state index in [0.717, 1.165) is 29.0 Å². The van der Waals surface area contributed by atoms with E-state index < -0.39 is 47.4 Å². The van der Waals surface area contributed by atoms with Crippen LogP contribution in [0.1, 0.15) is 21.6 Å². The molecule has 41 heavy (non-hydrogen) atoms.